The standard InChI is InChI=1S/C13H18ClN3O2/c1-8(5-6-15)13(19)17-10-3-4-12(11(14)7-10)16-9(2)18/h3-4,7-8H,5-6,15H2,1-2H3,(H,16,18)(H,17,19). The highest BCUT2D eigenvalue weighted by Gasteiger charge is 2.12. The van der Waals surface area contributed by atoms with Crippen molar-refractivity contribution in [2.45, 2.75) is 20.3 Å². The summed E-state index contributed by atoms with van der Waals surface area (Å²) in [7, 11) is 0. The summed E-state index contributed by atoms with van der Waals surface area (Å²) in [5.74, 6) is -0.456. The zero-order valence-electron chi connectivity index (χ0n) is 11.0. The van der Waals surface area contributed by atoms with E-state index in [2.05, 4.69) is 10.6 Å². The molecule has 1 atom stereocenters. The number of amides is 2. The molecule has 0 saturated heterocycles. The van der Waals surface area contributed by atoms with E-state index in [0.717, 1.165) is 0 Å². The fraction of sp³-hybridized carbons (Fsp3) is 0.385. The van der Waals surface area contributed by atoms with E-state index in [-0.39, 0.29) is 17.7 Å². The molecule has 0 aliphatic carbocycles. The molecule has 19 heavy (non-hydrogen) atoms. The van der Waals surface area contributed by atoms with Gasteiger partial charge in [-0.2, -0.15) is 0 Å². The van der Waals surface area contributed by atoms with Crippen molar-refractivity contribution in [2.24, 2.45) is 11.7 Å². The van der Waals surface area contributed by atoms with Crippen molar-refractivity contribution in [3.63, 3.8) is 0 Å². The Hall–Kier alpha value is -1.59. The summed E-state index contributed by atoms with van der Waals surface area (Å²) in [5.41, 5.74) is 6.52. The Labute approximate surface area is 117 Å². The summed E-state index contributed by atoms with van der Waals surface area (Å²) in [6.07, 6.45) is 0.629. The van der Waals surface area contributed by atoms with Crippen molar-refractivity contribution in [1.29, 1.82) is 0 Å². The Morgan fingerprint density at radius 3 is 2.58 bits per heavy atom. The first kappa shape index (κ1) is 15.5. The van der Waals surface area contributed by atoms with Crippen LogP contribution in [0.1, 0.15) is 20.3 Å². The van der Waals surface area contributed by atoms with Gasteiger partial charge in [0.25, 0.3) is 0 Å². The van der Waals surface area contributed by atoms with Crippen molar-refractivity contribution < 1.29 is 9.59 Å². The molecule has 0 saturated carbocycles. The minimum atomic E-state index is -0.199. The van der Waals surface area contributed by atoms with Gasteiger partial charge in [-0.15, -0.1) is 0 Å². The third-order valence-corrected chi connectivity index (χ3v) is 2.91. The summed E-state index contributed by atoms with van der Waals surface area (Å²) in [6, 6.07) is 4.93. The molecule has 0 aliphatic heterocycles. The van der Waals surface area contributed by atoms with Gasteiger partial charge in [0.05, 0.1) is 10.7 Å². The average molecular weight is 284 g/mol. The Bertz CT molecular complexity index is 477. The van der Waals surface area contributed by atoms with Crippen molar-refractivity contribution in [3.8, 4) is 0 Å². The smallest absolute Gasteiger partial charge is 0.227 e. The van der Waals surface area contributed by atoms with E-state index >= 15 is 0 Å². The number of nitrogens with one attached hydrogen (secondary N) is 2. The minimum absolute atomic E-state index is 0.103. The van der Waals surface area contributed by atoms with Crippen LogP contribution in [0.5, 0.6) is 0 Å². The molecule has 1 aromatic carbocycles. The van der Waals surface area contributed by atoms with Gasteiger partial charge in [0, 0.05) is 18.5 Å². The predicted molar refractivity (Wildman–Crippen MR) is 77.2 cm³/mol. The highest BCUT2D eigenvalue weighted by molar-refractivity contribution is 6.34. The summed E-state index contributed by atoms with van der Waals surface area (Å²) in [4.78, 5) is 22.7. The number of nitrogens with two attached hydrogens (primary N) is 1. The number of rotatable bonds is 5. The molecule has 0 spiro atoms. The maximum absolute atomic E-state index is 11.8. The summed E-state index contributed by atoms with van der Waals surface area (Å²) in [5, 5.41) is 5.73. The van der Waals surface area contributed by atoms with Crippen LogP contribution in [0.3, 0.4) is 0 Å². The molecule has 0 aromatic heterocycles. The third kappa shape index (κ3) is 4.89. The van der Waals surface area contributed by atoms with Crippen LogP contribution < -0.4 is 16.4 Å². The van der Waals surface area contributed by atoms with E-state index in [0.29, 0.717) is 29.4 Å². The molecule has 1 unspecified atom stereocenters. The number of carbonyl (C=O) groups excluding carboxylic acids is 2. The van der Waals surface area contributed by atoms with Crippen LogP contribution in [0.4, 0.5) is 11.4 Å². The quantitative estimate of drug-likeness (QED) is 0.775. The first-order valence-corrected chi connectivity index (χ1v) is 6.40. The number of hydrogen-bond donors (Lipinski definition) is 3. The lowest BCUT2D eigenvalue weighted by atomic mass is 10.1. The van der Waals surface area contributed by atoms with Crippen molar-refractivity contribution in [3.05, 3.63) is 23.2 Å². The van der Waals surface area contributed by atoms with E-state index in [9.17, 15) is 9.59 Å². The van der Waals surface area contributed by atoms with Gasteiger partial charge in [-0.3, -0.25) is 9.59 Å². The van der Waals surface area contributed by atoms with Crippen molar-refractivity contribution in [1.82, 2.24) is 0 Å². The van der Waals surface area contributed by atoms with E-state index in [4.69, 9.17) is 17.3 Å². The maximum Gasteiger partial charge on any atom is 0.227 e. The average Bonchev–Trinajstić information content (AvgIpc) is 2.32. The van der Waals surface area contributed by atoms with E-state index in [1.807, 2.05) is 6.92 Å². The molecule has 0 bridgehead atoms. The lowest BCUT2D eigenvalue weighted by molar-refractivity contribution is -0.119. The summed E-state index contributed by atoms with van der Waals surface area (Å²) >= 11 is 6.01. The number of benzene rings is 1. The second kappa shape index (κ2) is 7.11. The van der Waals surface area contributed by atoms with E-state index in [1.54, 1.807) is 18.2 Å². The first-order chi connectivity index (χ1) is 8.93. The van der Waals surface area contributed by atoms with Crippen LogP contribution in [0.25, 0.3) is 0 Å². The number of carbonyl (C=O) groups is 2. The van der Waals surface area contributed by atoms with Crippen LogP contribution in [0, 0.1) is 5.92 Å². The molecular weight excluding hydrogens is 266 g/mol. The molecule has 1 rings (SSSR count). The molecule has 5 nitrogen and oxygen atoms in total. The molecule has 4 N–H and O–H groups in total. The van der Waals surface area contributed by atoms with Crippen molar-refractivity contribution in [2.75, 3.05) is 17.2 Å². The molecule has 0 radical (unpaired) electrons. The normalized spacial score (nSPS) is 11.8. The second-order valence-corrected chi connectivity index (χ2v) is 4.75. The zero-order valence-corrected chi connectivity index (χ0v) is 11.8. The minimum Gasteiger partial charge on any atom is -0.330 e. The first-order valence-electron chi connectivity index (χ1n) is 6.02. The fourth-order valence-corrected chi connectivity index (χ4v) is 1.76. The zero-order chi connectivity index (χ0) is 14.4. The topological polar surface area (TPSA) is 84.2 Å². The summed E-state index contributed by atoms with van der Waals surface area (Å²) in [6.45, 7) is 3.69. The van der Waals surface area contributed by atoms with Crippen LogP contribution >= 0.6 is 11.6 Å². The summed E-state index contributed by atoms with van der Waals surface area (Å²) < 4.78 is 0. The van der Waals surface area contributed by atoms with Gasteiger partial charge in [-0.05, 0) is 31.2 Å². The van der Waals surface area contributed by atoms with Crippen LogP contribution in [-0.2, 0) is 9.59 Å². The van der Waals surface area contributed by atoms with Gasteiger partial charge in [-0.25, -0.2) is 0 Å². The van der Waals surface area contributed by atoms with Crippen molar-refractivity contribution >= 4 is 34.8 Å². The van der Waals surface area contributed by atoms with Gasteiger partial charge in [-0.1, -0.05) is 18.5 Å². The van der Waals surface area contributed by atoms with Gasteiger partial charge in [0.1, 0.15) is 0 Å². The van der Waals surface area contributed by atoms with Crippen LogP contribution in [-0.4, -0.2) is 18.4 Å². The Kier molecular flexibility index (Phi) is 5.79. The fourth-order valence-electron chi connectivity index (χ4n) is 1.53. The van der Waals surface area contributed by atoms with Gasteiger partial charge < -0.3 is 16.4 Å². The highest BCUT2D eigenvalue weighted by Crippen LogP contribution is 2.25. The molecule has 0 heterocycles. The molecule has 1 aromatic rings. The highest BCUT2D eigenvalue weighted by atomic mass is 35.5. The van der Waals surface area contributed by atoms with Gasteiger partial charge in [0.15, 0.2) is 0 Å². The van der Waals surface area contributed by atoms with E-state index < -0.39 is 0 Å². The van der Waals surface area contributed by atoms with Gasteiger partial charge >= 0.3 is 0 Å². The van der Waals surface area contributed by atoms with E-state index in [1.165, 1.54) is 6.92 Å². The van der Waals surface area contributed by atoms with Gasteiger partial charge in [0.2, 0.25) is 11.8 Å². The number of halogens is 1. The number of anilines is 2. The van der Waals surface area contributed by atoms with Crippen LogP contribution in [0.2, 0.25) is 5.02 Å². The lowest BCUT2D eigenvalue weighted by Gasteiger charge is -2.12. The second-order valence-electron chi connectivity index (χ2n) is 4.34. The largest absolute Gasteiger partial charge is 0.330 e. The molecule has 0 fully saturated rings. The SMILES string of the molecule is CC(=O)Nc1ccc(NC(=O)C(C)CCN)cc1Cl. The maximum atomic E-state index is 11.8. The number of hydrogen-bond acceptors (Lipinski definition) is 3. The Balaban J connectivity index is 2.73. The monoisotopic (exact) mass is 283 g/mol. The Morgan fingerprint density at radius 2 is 2.05 bits per heavy atom. The molecule has 0 aliphatic rings. The third-order valence-electron chi connectivity index (χ3n) is 2.59. The molecule has 6 heteroatoms. The molecule has 2 amide bonds. The molecular formula is C13H18ClN3O2. The predicted octanol–water partition coefficient (Wildman–Crippen LogP) is 2.22. The molecule has 104 valence electrons. The Morgan fingerprint density at radius 1 is 1.37 bits per heavy atom. The van der Waals surface area contributed by atoms with Crippen LogP contribution in [0.15, 0.2) is 18.2 Å². The lowest BCUT2D eigenvalue weighted by Crippen LogP contribution is -2.22.